The van der Waals surface area contributed by atoms with Crippen LogP contribution in [0.2, 0.25) is 10.0 Å². The summed E-state index contributed by atoms with van der Waals surface area (Å²) in [6, 6.07) is 4.85. The predicted molar refractivity (Wildman–Crippen MR) is 78.6 cm³/mol. The van der Waals surface area contributed by atoms with Crippen LogP contribution in [-0.2, 0) is 9.84 Å². The second-order valence-corrected chi connectivity index (χ2v) is 7.44. The highest BCUT2D eigenvalue weighted by Gasteiger charge is 2.12. The predicted octanol–water partition coefficient (Wildman–Crippen LogP) is 2.05. The van der Waals surface area contributed by atoms with Crippen molar-refractivity contribution < 1.29 is 13.5 Å². The van der Waals surface area contributed by atoms with Crippen molar-refractivity contribution >= 4 is 33.0 Å². The van der Waals surface area contributed by atoms with Gasteiger partial charge in [-0.3, -0.25) is 0 Å². The second kappa shape index (κ2) is 7.45. The van der Waals surface area contributed by atoms with Gasteiger partial charge in [0.05, 0.1) is 11.9 Å². The normalized spacial score (nSPS) is 13.5. The molecule has 0 aliphatic heterocycles. The third-order valence-corrected chi connectivity index (χ3v) is 4.97. The number of sulfone groups is 1. The van der Waals surface area contributed by atoms with Crippen molar-refractivity contribution in [3.8, 4) is 0 Å². The Bertz CT molecular complexity index is 520. The lowest BCUT2D eigenvalue weighted by molar-refractivity contribution is 0.176. The molecule has 0 saturated carbocycles. The van der Waals surface area contributed by atoms with Crippen LogP contribution >= 0.6 is 23.2 Å². The summed E-state index contributed by atoms with van der Waals surface area (Å²) in [6.07, 6.45) is -0.824. The number of aliphatic hydroxyl groups excluding tert-OH is 1. The molecule has 1 aromatic carbocycles. The van der Waals surface area contributed by atoms with Crippen LogP contribution in [0.5, 0.6) is 0 Å². The van der Waals surface area contributed by atoms with Crippen LogP contribution in [-0.4, -0.2) is 38.1 Å². The zero-order valence-corrected chi connectivity index (χ0v) is 12.9. The van der Waals surface area contributed by atoms with E-state index in [-0.39, 0.29) is 18.1 Å². The minimum atomic E-state index is -2.99. The Kier molecular flexibility index (Phi) is 6.56. The molecule has 0 aromatic heterocycles. The fourth-order valence-electron chi connectivity index (χ4n) is 1.49. The standard InChI is InChI=1S/C12H17Cl2NO3S/c1-2-19(17,18)6-5-15-8-12(16)10-7-9(13)3-4-11(10)14/h3-4,7,12,15-16H,2,5-6,8H2,1H3. The van der Waals surface area contributed by atoms with Crippen molar-refractivity contribution in [3.05, 3.63) is 33.8 Å². The van der Waals surface area contributed by atoms with E-state index in [1.807, 2.05) is 0 Å². The summed E-state index contributed by atoms with van der Waals surface area (Å²) in [6.45, 7) is 2.13. The zero-order valence-electron chi connectivity index (χ0n) is 10.6. The van der Waals surface area contributed by atoms with Crippen molar-refractivity contribution in [2.75, 3.05) is 24.6 Å². The molecule has 0 aliphatic carbocycles. The first-order valence-corrected chi connectivity index (χ1v) is 8.47. The van der Waals surface area contributed by atoms with E-state index in [2.05, 4.69) is 5.32 Å². The van der Waals surface area contributed by atoms with Crippen molar-refractivity contribution in [3.63, 3.8) is 0 Å². The molecule has 2 N–H and O–H groups in total. The van der Waals surface area contributed by atoms with Gasteiger partial charge in [-0.05, 0) is 18.2 Å². The van der Waals surface area contributed by atoms with Crippen LogP contribution in [0.15, 0.2) is 18.2 Å². The largest absolute Gasteiger partial charge is 0.387 e. The fourth-order valence-corrected chi connectivity index (χ4v) is 2.66. The molecule has 0 spiro atoms. The Morgan fingerprint density at radius 2 is 2.05 bits per heavy atom. The molecular formula is C12H17Cl2NO3S. The van der Waals surface area contributed by atoms with Gasteiger partial charge >= 0.3 is 0 Å². The van der Waals surface area contributed by atoms with Gasteiger partial charge in [0.25, 0.3) is 0 Å². The summed E-state index contributed by atoms with van der Waals surface area (Å²) in [7, 11) is -2.99. The summed E-state index contributed by atoms with van der Waals surface area (Å²) in [5.41, 5.74) is 0.528. The molecule has 0 heterocycles. The third kappa shape index (κ3) is 5.67. The zero-order chi connectivity index (χ0) is 14.5. The molecule has 1 atom stereocenters. The van der Waals surface area contributed by atoms with Crippen molar-refractivity contribution in [2.45, 2.75) is 13.0 Å². The Balaban J connectivity index is 2.48. The number of hydrogen-bond donors (Lipinski definition) is 2. The molecular weight excluding hydrogens is 309 g/mol. The molecule has 0 radical (unpaired) electrons. The lowest BCUT2D eigenvalue weighted by atomic mass is 10.1. The molecule has 7 heteroatoms. The molecule has 1 rings (SSSR count). The second-order valence-electron chi connectivity index (χ2n) is 4.12. The van der Waals surface area contributed by atoms with Gasteiger partial charge in [0, 0.05) is 34.5 Å². The van der Waals surface area contributed by atoms with Crippen LogP contribution in [0.4, 0.5) is 0 Å². The minimum absolute atomic E-state index is 0.0551. The molecule has 1 aromatic rings. The Hall–Kier alpha value is -0.330. The number of hydrogen-bond acceptors (Lipinski definition) is 4. The van der Waals surface area contributed by atoms with Gasteiger partial charge in [-0.15, -0.1) is 0 Å². The van der Waals surface area contributed by atoms with Crippen molar-refractivity contribution in [1.82, 2.24) is 5.32 Å². The molecule has 0 bridgehead atoms. The van der Waals surface area contributed by atoms with Crippen LogP contribution in [0.1, 0.15) is 18.6 Å². The maximum Gasteiger partial charge on any atom is 0.151 e. The summed E-state index contributed by atoms with van der Waals surface area (Å²) in [5, 5.41) is 13.8. The number of halogens is 2. The van der Waals surface area contributed by atoms with E-state index in [0.717, 1.165) is 0 Å². The van der Waals surface area contributed by atoms with Gasteiger partial charge in [0.15, 0.2) is 9.84 Å². The topological polar surface area (TPSA) is 66.4 Å². The Morgan fingerprint density at radius 3 is 2.68 bits per heavy atom. The molecule has 19 heavy (non-hydrogen) atoms. The van der Waals surface area contributed by atoms with E-state index < -0.39 is 15.9 Å². The minimum Gasteiger partial charge on any atom is -0.387 e. The maximum absolute atomic E-state index is 11.3. The summed E-state index contributed by atoms with van der Waals surface area (Å²) >= 11 is 11.8. The summed E-state index contributed by atoms with van der Waals surface area (Å²) in [4.78, 5) is 0. The molecule has 0 saturated heterocycles. The van der Waals surface area contributed by atoms with E-state index >= 15 is 0 Å². The molecule has 1 unspecified atom stereocenters. The molecule has 0 fully saturated rings. The van der Waals surface area contributed by atoms with E-state index in [1.54, 1.807) is 25.1 Å². The number of benzene rings is 1. The van der Waals surface area contributed by atoms with Crippen LogP contribution in [0.25, 0.3) is 0 Å². The highest BCUT2D eigenvalue weighted by molar-refractivity contribution is 7.91. The fraction of sp³-hybridized carbons (Fsp3) is 0.500. The summed E-state index contributed by atoms with van der Waals surface area (Å²) < 4.78 is 22.5. The first kappa shape index (κ1) is 16.7. The highest BCUT2D eigenvalue weighted by atomic mass is 35.5. The lowest BCUT2D eigenvalue weighted by Gasteiger charge is -2.14. The average Bonchev–Trinajstić information content (AvgIpc) is 2.37. The van der Waals surface area contributed by atoms with Gasteiger partial charge in [0.2, 0.25) is 0 Å². The molecule has 0 aliphatic rings. The highest BCUT2D eigenvalue weighted by Crippen LogP contribution is 2.25. The lowest BCUT2D eigenvalue weighted by Crippen LogP contribution is -2.28. The SMILES string of the molecule is CCS(=O)(=O)CCNCC(O)c1cc(Cl)ccc1Cl. The van der Waals surface area contributed by atoms with Gasteiger partial charge in [0.1, 0.15) is 0 Å². The Labute approximate surface area is 123 Å². The van der Waals surface area contributed by atoms with E-state index in [0.29, 0.717) is 22.2 Å². The summed E-state index contributed by atoms with van der Waals surface area (Å²) in [5.74, 6) is 0.177. The van der Waals surface area contributed by atoms with Crippen LogP contribution in [0.3, 0.4) is 0 Å². The van der Waals surface area contributed by atoms with E-state index in [9.17, 15) is 13.5 Å². The van der Waals surface area contributed by atoms with Gasteiger partial charge in [-0.25, -0.2) is 8.42 Å². The van der Waals surface area contributed by atoms with Crippen LogP contribution in [0, 0.1) is 0 Å². The van der Waals surface area contributed by atoms with E-state index in [1.165, 1.54) is 0 Å². The number of rotatable bonds is 7. The Morgan fingerprint density at radius 1 is 1.37 bits per heavy atom. The van der Waals surface area contributed by atoms with Gasteiger partial charge in [-0.1, -0.05) is 30.1 Å². The van der Waals surface area contributed by atoms with Crippen molar-refractivity contribution in [2.24, 2.45) is 0 Å². The van der Waals surface area contributed by atoms with Gasteiger partial charge in [-0.2, -0.15) is 0 Å². The maximum atomic E-state index is 11.3. The number of aliphatic hydroxyl groups is 1. The van der Waals surface area contributed by atoms with E-state index in [4.69, 9.17) is 23.2 Å². The third-order valence-electron chi connectivity index (χ3n) is 2.68. The first-order valence-electron chi connectivity index (χ1n) is 5.90. The monoisotopic (exact) mass is 325 g/mol. The molecule has 4 nitrogen and oxygen atoms in total. The molecule has 108 valence electrons. The molecule has 0 amide bonds. The number of nitrogens with one attached hydrogen (secondary N) is 1. The van der Waals surface area contributed by atoms with Gasteiger partial charge < -0.3 is 10.4 Å². The van der Waals surface area contributed by atoms with Crippen molar-refractivity contribution in [1.29, 1.82) is 0 Å². The van der Waals surface area contributed by atoms with Crippen LogP contribution < -0.4 is 5.32 Å². The first-order chi connectivity index (χ1) is 8.85. The average molecular weight is 326 g/mol. The smallest absolute Gasteiger partial charge is 0.151 e. The quantitative estimate of drug-likeness (QED) is 0.753.